The van der Waals surface area contributed by atoms with Gasteiger partial charge in [0.1, 0.15) is 0 Å². The highest BCUT2D eigenvalue weighted by Gasteiger charge is 2.16. The molecule has 2 rings (SSSR count). The second-order valence-corrected chi connectivity index (χ2v) is 4.35. The summed E-state index contributed by atoms with van der Waals surface area (Å²) in [7, 11) is 0. The normalized spacial score (nSPS) is 14.5. The van der Waals surface area contributed by atoms with Gasteiger partial charge in [-0.05, 0) is 30.5 Å². The van der Waals surface area contributed by atoms with Crippen LogP contribution in [0.3, 0.4) is 0 Å². The Morgan fingerprint density at radius 2 is 2.00 bits per heavy atom. The highest BCUT2D eigenvalue weighted by Crippen LogP contribution is 2.23. The minimum absolute atomic E-state index is 0.0270. The van der Waals surface area contributed by atoms with Gasteiger partial charge in [0.2, 0.25) is 0 Å². The van der Waals surface area contributed by atoms with Crippen LogP contribution in [0.1, 0.15) is 37.1 Å². The topological polar surface area (TPSA) is 43.8 Å². The third-order valence-electron chi connectivity index (χ3n) is 3.23. The molecule has 3 nitrogen and oxygen atoms in total. The number of aryl methyl sites for hydroxylation is 1. The molecular formula is C14H19N3. The molecule has 0 bridgehead atoms. The third-order valence-corrected chi connectivity index (χ3v) is 3.23. The number of nitrogens with two attached hydrogens (primary N) is 1. The van der Waals surface area contributed by atoms with E-state index in [-0.39, 0.29) is 12.1 Å². The molecule has 0 aliphatic heterocycles. The van der Waals surface area contributed by atoms with Crippen LogP contribution in [0.2, 0.25) is 0 Å². The first-order valence-corrected chi connectivity index (χ1v) is 6.06. The van der Waals surface area contributed by atoms with E-state index >= 15 is 0 Å². The van der Waals surface area contributed by atoms with Gasteiger partial charge in [0.05, 0.1) is 12.1 Å². The monoisotopic (exact) mass is 229 g/mol. The molecule has 0 aliphatic carbocycles. The number of hydrogen-bond donors (Lipinski definition) is 1. The molecule has 17 heavy (non-hydrogen) atoms. The molecule has 3 heteroatoms. The van der Waals surface area contributed by atoms with Crippen LogP contribution in [0.25, 0.3) is 0 Å². The minimum atomic E-state index is -0.0270. The number of aromatic nitrogens is 2. The highest BCUT2D eigenvalue weighted by molar-refractivity contribution is 5.25. The second kappa shape index (κ2) is 5.15. The van der Waals surface area contributed by atoms with Crippen LogP contribution < -0.4 is 5.73 Å². The van der Waals surface area contributed by atoms with E-state index in [4.69, 9.17) is 5.73 Å². The fourth-order valence-corrected chi connectivity index (χ4v) is 1.94. The molecule has 2 N–H and O–H groups in total. The van der Waals surface area contributed by atoms with Gasteiger partial charge in [0.25, 0.3) is 0 Å². The molecule has 90 valence electrons. The molecule has 0 saturated heterocycles. The van der Waals surface area contributed by atoms with Gasteiger partial charge in [-0.1, -0.05) is 31.2 Å². The Morgan fingerprint density at radius 3 is 2.53 bits per heavy atom. The lowest BCUT2D eigenvalue weighted by atomic mass is 10.00. The van der Waals surface area contributed by atoms with Crippen LogP contribution in [0.4, 0.5) is 0 Å². The summed E-state index contributed by atoms with van der Waals surface area (Å²) in [5.41, 5.74) is 8.76. The standard InChI is InChI=1S/C14H19N3/c1-3-12-5-7-13(8-6-12)14(15)11(2)17-10-4-9-16-17/h4-11,14H,3,15H2,1-2H3. The maximum absolute atomic E-state index is 6.26. The van der Waals surface area contributed by atoms with Gasteiger partial charge in [0, 0.05) is 12.4 Å². The van der Waals surface area contributed by atoms with Crippen molar-refractivity contribution in [2.75, 3.05) is 0 Å². The van der Waals surface area contributed by atoms with Crippen molar-refractivity contribution in [3.05, 3.63) is 53.9 Å². The van der Waals surface area contributed by atoms with E-state index in [1.807, 2.05) is 16.9 Å². The molecule has 2 aromatic rings. The number of benzene rings is 1. The van der Waals surface area contributed by atoms with Crippen molar-refractivity contribution in [2.24, 2.45) is 5.73 Å². The SMILES string of the molecule is CCc1ccc(C(N)C(C)n2cccn2)cc1. The summed E-state index contributed by atoms with van der Waals surface area (Å²) >= 11 is 0. The lowest BCUT2D eigenvalue weighted by Gasteiger charge is -2.21. The van der Waals surface area contributed by atoms with Crippen LogP contribution in [-0.4, -0.2) is 9.78 Å². The molecule has 1 aromatic heterocycles. The summed E-state index contributed by atoms with van der Waals surface area (Å²) in [6.07, 6.45) is 4.79. The molecule has 2 atom stereocenters. The van der Waals surface area contributed by atoms with E-state index in [1.165, 1.54) is 5.56 Å². The lowest BCUT2D eigenvalue weighted by Crippen LogP contribution is -2.22. The van der Waals surface area contributed by atoms with E-state index in [2.05, 4.69) is 43.2 Å². The van der Waals surface area contributed by atoms with Gasteiger partial charge in [-0.2, -0.15) is 5.10 Å². The fourth-order valence-electron chi connectivity index (χ4n) is 1.94. The van der Waals surface area contributed by atoms with E-state index < -0.39 is 0 Å². The quantitative estimate of drug-likeness (QED) is 0.876. The van der Waals surface area contributed by atoms with Crippen molar-refractivity contribution in [3.8, 4) is 0 Å². The molecule has 2 unspecified atom stereocenters. The first kappa shape index (κ1) is 11.9. The minimum Gasteiger partial charge on any atom is -0.322 e. The van der Waals surface area contributed by atoms with E-state index in [9.17, 15) is 0 Å². The smallest absolute Gasteiger partial charge is 0.0683 e. The molecule has 1 aromatic carbocycles. The molecule has 0 amide bonds. The molecule has 0 saturated carbocycles. The van der Waals surface area contributed by atoms with Crippen molar-refractivity contribution in [3.63, 3.8) is 0 Å². The Hall–Kier alpha value is -1.61. The van der Waals surface area contributed by atoms with Crippen LogP contribution >= 0.6 is 0 Å². The summed E-state index contributed by atoms with van der Waals surface area (Å²) in [6.45, 7) is 4.24. The zero-order valence-electron chi connectivity index (χ0n) is 10.4. The van der Waals surface area contributed by atoms with Crippen LogP contribution in [0, 0.1) is 0 Å². The number of nitrogens with zero attached hydrogens (tertiary/aromatic N) is 2. The Bertz CT molecular complexity index is 445. The molecule has 0 fully saturated rings. The maximum Gasteiger partial charge on any atom is 0.0683 e. The van der Waals surface area contributed by atoms with E-state index in [0.717, 1.165) is 12.0 Å². The van der Waals surface area contributed by atoms with Crippen molar-refractivity contribution in [2.45, 2.75) is 32.4 Å². The maximum atomic E-state index is 6.26. The summed E-state index contributed by atoms with van der Waals surface area (Å²) in [6, 6.07) is 10.6. The zero-order chi connectivity index (χ0) is 12.3. The molecule has 0 aliphatic rings. The van der Waals surface area contributed by atoms with Crippen molar-refractivity contribution >= 4 is 0 Å². The van der Waals surface area contributed by atoms with Crippen LogP contribution in [0.15, 0.2) is 42.7 Å². The van der Waals surface area contributed by atoms with Gasteiger partial charge in [0.15, 0.2) is 0 Å². The Balaban J connectivity index is 2.16. The first-order valence-electron chi connectivity index (χ1n) is 6.06. The second-order valence-electron chi connectivity index (χ2n) is 4.35. The fraction of sp³-hybridized carbons (Fsp3) is 0.357. The summed E-state index contributed by atoms with van der Waals surface area (Å²) in [5.74, 6) is 0. The van der Waals surface area contributed by atoms with E-state index in [1.54, 1.807) is 6.20 Å². The van der Waals surface area contributed by atoms with E-state index in [0.29, 0.717) is 0 Å². The average Bonchev–Trinajstić information content (AvgIpc) is 2.91. The largest absolute Gasteiger partial charge is 0.322 e. The molecule has 0 spiro atoms. The Labute approximate surface area is 102 Å². The lowest BCUT2D eigenvalue weighted by molar-refractivity contribution is 0.415. The average molecular weight is 229 g/mol. The first-order chi connectivity index (χ1) is 8.22. The Morgan fingerprint density at radius 1 is 1.29 bits per heavy atom. The summed E-state index contributed by atoms with van der Waals surface area (Å²) in [4.78, 5) is 0. The van der Waals surface area contributed by atoms with Crippen LogP contribution in [-0.2, 0) is 6.42 Å². The van der Waals surface area contributed by atoms with Crippen LogP contribution in [0.5, 0.6) is 0 Å². The predicted octanol–water partition coefficient (Wildman–Crippen LogP) is 2.71. The zero-order valence-corrected chi connectivity index (χ0v) is 10.4. The predicted molar refractivity (Wildman–Crippen MR) is 69.7 cm³/mol. The van der Waals surface area contributed by atoms with Crippen molar-refractivity contribution < 1.29 is 0 Å². The number of hydrogen-bond acceptors (Lipinski definition) is 2. The molecular weight excluding hydrogens is 210 g/mol. The summed E-state index contributed by atoms with van der Waals surface area (Å²) in [5, 5.41) is 4.23. The summed E-state index contributed by atoms with van der Waals surface area (Å²) < 4.78 is 1.90. The van der Waals surface area contributed by atoms with Crippen molar-refractivity contribution in [1.29, 1.82) is 0 Å². The molecule has 1 heterocycles. The third kappa shape index (κ3) is 2.56. The molecule has 0 radical (unpaired) electrons. The van der Waals surface area contributed by atoms with Gasteiger partial charge < -0.3 is 5.73 Å². The number of rotatable bonds is 4. The van der Waals surface area contributed by atoms with Crippen molar-refractivity contribution in [1.82, 2.24) is 9.78 Å². The highest BCUT2D eigenvalue weighted by atomic mass is 15.3. The van der Waals surface area contributed by atoms with Gasteiger partial charge in [-0.25, -0.2) is 0 Å². The van der Waals surface area contributed by atoms with Gasteiger partial charge in [-0.3, -0.25) is 4.68 Å². The Kier molecular flexibility index (Phi) is 3.59. The van der Waals surface area contributed by atoms with Gasteiger partial charge >= 0.3 is 0 Å². The van der Waals surface area contributed by atoms with Gasteiger partial charge in [-0.15, -0.1) is 0 Å².